The van der Waals surface area contributed by atoms with E-state index in [9.17, 15) is 8.78 Å². The van der Waals surface area contributed by atoms with Gasteiger partial charge in [0.15, 0.2) is 11.5 Å². The number of hydrogen-bond acceptors (Lipinski definition) is 4. The first-order valence-corrected chi connectivity index (χ1v) is 11.0. The number of nitrogens with zero attached hydrogens (tertiary/aromatic N) is 2. The molecule has 0 bridgehead atoms. The number of ether oxygens (including phenoxy) is 2. The van der Waals surface area contributed by atoms with Crippen LogP contribution in [-0.2, 0) is 0 Å². The first kappa shape index (κ1) is 21.2. The standard InChI is InChI=1S/C26H25F2N3O2/c1-3-32-24-14-18(11-12-23(24)33-25(27)28)22-15-20(17-8-6-7-16(2)13-17)30-26-29-19-9-4-5-10-21(19)31(22)26/h4-14,20,22,25H,3,15H2,1-2H3,(H,29,30)/t20-,22-/m1/s1. The van der Waals surface area contributed by atoms with Gasteiger partial charge in [0, 0.05) is 0 Å². The molecular formula is C26H25F2N3O2. The molecule has 0 radical (unpaired) electrons. The minimum Gasteiger partial charge on any atom is -0.490 e. The Labute approximate surface area is 191 Å². The fourth-order valence-electron chi connectivity index (χ4n) is 4.59. The van der Waals surface area contributed by atoms with Crippen LogP contribution in [0.1, 0.15) is 42.1 Å². The predicted octanol–water partition coefficient (Wildman–Crippen LogP) is 6.49. The van der Waals surface area contributed by atoms with Crippen molar-refractivity contribution in [1.29, 1.82) is 0 Å². The molecule has 0 unspecified atom stereocenters. The van der Waals surface area contributed by atoms with Gasteiger partial charge in [0.1, 0.15) is 0 Å². The van der Waals surface area contributed by atoms with Crippen molar-refractivity contribution >= 4 is 17.0 Å². The third-order valence-corrected chi connectivity index (χ3v) is 5.98. The molecule has 0 amide bonds. The Kier molecular flexibility index (Phi) is 5.62. The van der Waals surface area contributed by atoms with E-state index in [1.807, 2.05) is 43.3 Å². The summed E-state index contributed by atoms with van der Waals surface area (Å²) in [5.74, 6) is 1.13. The van der Waals surface area contributed by atoms with Crippen molar-refractivity contribution in [3.63, 3.8) is 0 Å². The van der Waals surface area contributed by atoms with E-state index in [0.29, 0.717) is 12.4 Å². The maximum absolute atomic E-state index is 12.9. The normalized spacial score (nSPS) is 17.6. The maximum Gasteiger partial charge on any atom is 0.387 e. The summed E-state index contributed by atoms with van der Waals surface area (Å²) in [6, 6.07) is 21.6. The van der Waals surface area contributed by atoms with E-state index in [4.69, 9.17) is 9.72 Å². The van der Waals surface area contributed by atoms with Crippen LogP contribution in [0.2, 0.25) is 0 Å². The number of hydrogen-bond donors (Lipinski definition) is 1. The molecule has 1 aromatic heterocycles. The van der Waals surface area contributed by atoms with Crippen LogP contribution in [0.4, 0.5) is 14.7 Å². The zero-order valence-corrected chi connectivity index (χ0v) is 18.5. The Morgan fingerprint density at radius 2 is 1.88 bits per heavy atom. The topological polar surface area (TPSA) is 48.3 Å². The molecule has 0 saturated heterocycles. The van der Waals surface area contributed by atoms with Crippen molar-refractivity contribution in [2.75, 3.05) is 11.9 Å². The molecule has 7 heteroatoms. The van der Waals surface area contributed by atoms with Crippen molar-refractivity contribution < 1.29 is 18.3 Å². The molecule has 0 aliphatic carbocycles. The molecule has 3 aromatic carbocycles. The van der Waals surface area contributed by atoms with Gasteiger partial charge in [0.25, 0.3) is 0 Å². The van der Waals surface area contributed by atoms with Gasteiger partial charge in [-0.25, -0.2) is 4.98 Å². The number of aromatic nitrogens is 2. The summed E-state index contributed by atoms with van der Waals surface area (Å²) in [7, 11) is 0. The first-order chi connectivity index (χ1) is 16.0. The molecule has 1 aliphatic heterocycles. The highest BCUT2D eigenvalue weighted by atomic mass is 19.3. The number of anilines is 1. The van der Waals surface area contributed by atoms with Gasteiger partial charge in [0.05, 0.1) is 29.7 Å². The second-order valence-corrected chi connectivity index (χ2v) is 8.17. The fraction of sp³-hybridized carbons (Fsp3) is 0.269. The third kappa shape index (κ3) is 4.11. The molecule has 5 rings (SSSR count). The largest absolute Gasteiger partial charge is 0.490 e. The number of halogens is 2. The zero-order chi connectivity index (χ0) is 22.9. The molecular weight excluding hydrogens is 424 g/mol. The smallest absolute Gasteiger partial charge is 0.387 e. The number of aryl methyl sites for hydroxylation is 1. The van der Waals surface area contributed by atoms with Crippen molar-refractivity contribution in [3.05, 3.63) is 83.4 Å². The van der Waals surface area contributed by atoms with Crippen molar-refractivity contribution in [2.45, 2.75) is 39.0 Å². The van der Waals surface area contributed by atoms with Crippen molar-refractivity contribution in [3.8, 4) is 11.5 Å². The van der Waals surface area contributed by atoms with E-state index in [1.54, 1.807) is 6.07 Å². The number of imidazole rings is 1. The number of rotatable bonds is 6. The van der Waals surface area contributed by atoms with Gasteiger partial charge in [-0.2, -0.15) is 8.78 Å². The Morgan fingerprint density at radius 1 is 1.03 bits per heavy atom. The van der Waals surface area contributed by atoms with E-state index in [2.05, 4.69) is 45.8 Å². The van der Waals surface area contributed by atoms with Crippen molar-refractivity contribution in [1.82, 2.24) is 9.55 Å². The van der Waals surface area contributed by atoms with Crippen molar-refractivity contribution in [2.24, 2.45) is 0 Å². The summed E-state index contributed by atoms with van der Waals surface area (Å²) in [5, 5.41) is 3.60. The van der Waals surface area contributed by atoms with E-state index < -0.39 is 6.61 Å². The quantitative estimate of drug-likeness (QED) is 0.365. The number of para-hydroxylation sites is 2. The average molecular weight is 450 g/mol. The second-order valence-electron chi connectivity index (χ2n) is 8.17. The summed E-state index contributed by atoms with van der Waals surface area (Å²) >= 11 is 0. The van der Waals surface area contributed by atoms with Gasteiger partial charge in [-0.1, -0.05) is 48.0 Å². The van der Waals surface area contributed by atoms with E-state index in [0.717, 1.165) is 29.0 Å². The lowest BCUT2D eigenvalue weighted by Gasteiger charge is -2.34. The van der Waals surface area contributed by atoms with Gasteiger partial charge in [-0.05, 0) is 55.7 Å². The number of benzene rings is 3. The highest BCUT2D eigenvalue weighted by Gasteiger charge is 2.31. The number of alkyl halides is 2. The predicted molar refractivity (Wildman–Crippen MR) is 124 cm³/mol. The molecule has 170 valence electrons. The molecule has 1 N–H and O–H groups in total. The summed E-state index contributed by atoms with van der Waals surface area (Å²) in [6.07, 6.45) is 0.761. The summed E-state index contributed by atoms with van der Waals surface area (Å²) in [4.78, 5) is 4.84. The second kappa shape index (κ2) is 8.73. The van der Waals surface area contributed by atoms with Crippen LogP contribution >= 0.6 is 0 Å². The molecule has 2 atom stereocenters. The lowest BCUT2D eigenvalue weighted by molar-refractivity contribution is -0.0514. The minimum atomic E-state index is -2.91. The maximum atomic E-state index is 12.9. The lowest BCUT2D eigenvalue weighted by Crippen LogP contribution is -2.27. The fourth-order valence-corrected chi connectivity index (χ4v) is 4.59. The Balaban J connectivity index is 1.63. The molecule has 0 spiro atoms. The van der Waals surface area contributed by atoms with Gasteiger partial charge in [-0.3, -0.25) is 0 Å². The Bertz CT molecular complexity index is 1290. The van der Waals surface area contributed by atoms with Crippen LogP contribution in [0.5, 0.6) is 11.5 Å². The Hall–Kier alpha value is -3.61. The monoisotopic (exact) mass is 449 g/mol. The van der Waals surface area contributed by atoms with Crippen LogP contribution in [-0.4, -0.2) is 22.8 Å². The first-order valence-electron chi connectivity index (χ1n) is 11.0. The number of nitrogens with one attached hydrogen (secondary N) is 1. The molecule has 1 aliphatic rings. The molecule has 2 heterocycles. The number of fused-ring (bicyclic) bond motifs is 3. The lowest BCUT2D eigenvalue weighted by atomic mass is 9.92. The summed E-state index contributed by atoms with van der Waals surface area (Å²) < 4.78 is 38.3. The van der Waals surface area contributed by atoms with E-state index in [1.165, 1.54) is 11.1 Å². The van der Waals surface area contributed by atoms with Gasteiger partial charge < -0.3 is 19.4 Å². The van der Waals surface area contributed by atoms with Crippen LogP contribution in [0, 0.1) is 6.92 Å². The van der Waals surface area contributed by atoms with Crippen LogP contribution in [0.15, 0.2) is 66.7 Å². The molecule has 5 nitrogen and oxygen atoms in total. The minimum absolute atomic E-state index is 0.0375. The van der Waals surface area contributed by atoms with Gasteiger partial charge in [-0.15, -0.1) is 0 Å². The van der Waals surface area contributed by atoms with Crippen LogP contribution in [0.3, 0.4) is 0 Å². The van der Waals surface area contributed by atoms with Gasteiger partial charge >= 0.3 is 6.61 Å². The molecule has 4 aromatic rings. The van der Waals surface area contributed by atoms with Crippen LogP contribution < -0.4 is 14.8 Å². The SMILES string of the molecule is CCOc1cc([C@H]2C[C@H](c3cccc(C)c3)Nc3nc4ccccc4n32)ccc1OC(F)F. The zero-order valence-electron chi connectivity index (χ0n) is 18.5. The summed E-state index contributed by atoms with van der Waals surface area (Å²) in [6.45, 7) is 1.33. The van der Waals surface area contributed by atoms with Gasteiger partial charge in [0.2, 0.25) is 5.95 Å². The van der Waals surface area contributed by atoms with Crippen LogP contribution in [0.25, 0.3) is 11.0 Å². The highest BCUT2D eigenvalue weighted by Crippen LogP contribution is 2.43. The van der Waals surface area contributed by atoms with E-state index in [-0.39, 0.29) is 17.8 Å². The average Bonchev–Trinajstić information content (AvgIpc) is 3.18. The highest BCUT2D eigenvalue weighted by molar-refractivity contribution is 5.79. The third-order valence-electron chi connectivity index (χ3n) is 5.98. The molecule has 33 heavy (non-hydrogen) atoms. The molecule has 0 fully saturated rings. The summed E-state index contributed by atoms with van der Waals surface area (Å²) in [5.41, 5.74) is 5.23. The van der Waals surface area contributed by atoms with E-state index >= 15 is 0 Å². The molecule has 0 saturated carbocycles. The Morgan fingerprint density at radius 3 is 2.67 bits per heavy atom.